The molecule has 0 saturated carbocycles. The van der Waals surface area contributed by atoms with Crippen molar-refractivity contribution in [3.05, 3.63) is 0 Å². The fraction of sp³-hybridized carbons (Fsp3) is 0.923. The molecule has 0 radical (unpaired) electrons. The second-order valence-corrected chi connectivity index (χ2v) is 7.95. The highest BCUT2D eigenvalue weighted by molar-refractivity contribution is 7.88. The Morgan fingerprint density at radius 2 is 1.95 bits per heavy atom. The molecular weight excluding hydrogens is 316 g/mol. The summed E-state index contributed by atoms with van der Waals surface area (Å²) in [6.45, 7) is 2.52. The van der Waals surface area contributed by atoms with Crippen molar-refractivity contribution in [3.8, 4) is 0 Å². The molecule has 1 N–H and O–H groups in total. The molecule has 2 aliphatic rings. The third-order valence-electron chi connectivity index (χ3n) is 4.33. The molecule has 2 fully saturated rings. The van der Waals surface area contributed by atoms with E-state index in [9.17, 15) is 22.0 Å². The Labute approximate surface area is 129 Å². The molecule has 1 unspecified atom stereocenters. The average molecular weight is 339 g/mol. The Balaban J connectivity index is 1.91. The molecular formula is C13H23F2N3O3S. The molecule has 0 bridgehead atoms. The summed E-state index contributed by atoms with van der Waals surface area (Å²) in [7, 11) is -3.27. The van der Waals surface area contributed by atoms with Crippen LogP contribution in [-0.2, 0) is 14.8 Å². The topological polar surface area (TPSA) is 69.7 Å². The third-order valence-corrected chi connectivity index (χ3v) is 5.74. The molecule has 2 rings (SSSR count). The number of sulfonamides is 1. The predicted molar refractivity (Wildman–Crippen MR) is 78.2 cm³/mol. The molecule has 6 nitrogen and oxygen atoms in total. The second kappa shape index (κ2) is 6.37. The summed E-state index contributed by atoms with van der Waals surface area (Å²) in [5, 5.41) is 2.57. The number of carbonyl (C=O) groups is 1. The van der Waals surface area contributed by atoms with Crippen LogP contribution < -0.4 is 5.32 Å². The highest BCUT2D eigenvalue weighted by Crippen LogP contribution is 2.27. The number of likely N-dealkylation sites (tertiary alicyclic amines) is 1. The van der Waals surface area contributed by atoms with E-state index >= 15 is 0 Å². The molecule has 9 heteroatoms. The maximum Gasteiger partial charge on any atom is 0.262 e. The van der Waals surface area contributed by atoms with Crippen LogP contribution in [0.4, 0.5) is 8.78 Å². The molecule has 22 heavy (non-hydrogen) atoms. The molecule has 128 valence electrons. The van der Waals surface area contributed by atoms with E-state index in [1.807, 2.05) is 0 Å². The summed E-state index contributed by atoms with van der Waals surface area (Å²) < 4.78 is 51.2. The molecule has 0 aromatic carbocycles. The summed E-state index contributed by atoms with van der Waals surface area (Å²) >= 11 is 0. The number of hydrogen-bond acceptors (Lipinski definition) is 4. The number of halogens is 2. The average Bonchev–Trinajstić information content (AvgIpc) is 2.78. The van der Waals surface area contributed by atoms with Crippen molar-refractivity contribution < 1.29 is 22.0 Å². The Morgan fingerprint density at radius 3 is 2.36 bits per heavy atom. The van der Waals surface area contributed by atoms with Crippen LogP contribution in [-0.4, -0.2) is 74.0 Å². The maximum absolute atomic E-state index is 13.2. The van der Waals surface area contributed by atoms with E-state index in [0.717, 1.165) is 0 Å². The SMILES string of the molecule is CCN(C1CCN(C(=O)C2CC(F)(F)CN2)CC1)S(C)(=O)=O. The number of rotatable bonds is 4. The van der Waals surface area contributed by atoms with Crippen LogP contribution in [0.25, 0.3) is 0 Å². The van der Waals surface area contributed by atoms with E-state index in [-0.39, 0.29) is 11.9 Å². The minimum absolute atomic E-state index is 0.123. The van der Waals surface area contributed by atoms with E-state index in [4.69, 9.17) is 0 Å². The minimum Gasteiger partial charge on any atom is -0.341 e. The van der Waals surface area contributed by atoms with Gasteiger partial charge in [-0.15, -0.1) is 0 Å². The Hall–Kier alpha value is -0.800. The predicted octanol–water partition coefficient (Wildman–Crippen LogP) is 0.256. The van der Waals surface area contributed by atoms with Crippen LogP contribution in [0.15, 0.2) is 0 Å². The number of nitrogens with one attached hydrogen (secondary N) is 1. The highest BCUT2D eigenvalue weighted by Gasteiger charge is 2.44. The Kier molecular flexibility index (Phi) is 5.08. The lowest BCUT2D eigenvalue weighted by atomic mass is 10.0. The fourth-order valence-corrected chi connectivity index (χ4v) is 4.47. The first kappa shape index (κ1) is 17.6. The van der Waals surface area contributed by atoms with Gasteiger partial charge in [-0.05, 0) is 12.8 Å². The number of carbonyl (C=O) groups excluding carboxylic acids is 1. The van der Waals surface area contributed by atoms with Crippen molar-refractivity contribution >= 4 is 15.9 Å². The van der Waals surface area contributed by atoms with Gasteiger partial charge < -0.3 is 4.90 Å². The van der Waals surface area contributed by atoms with Crippen molar-refractivity contribution in [2.75, 3.05) is 32.4 Å². The van der Waals surface area contributed by atoms with Gasteiger partial charge in [0.15, 0.2) is 0 Å². The quantitative estimate of drug-likeness (QED) is 0.797. The number of piperidine rings is 1. The summed E-state index contributed by atoms with van der Waals surface area (Å²) in [5.74, 6) is -3.13. The van der Waals surface area contributed by atoms with Crippen LogP contribution >= 0.6 is 0 Å². The minimum atomic E-state index is -3.27. The van der Waals surface area contributed by atoms with Gasteiger partial charge >= 0.3 is 0 Å². The van der Waals surface area contributed by atoms with Gasteiger partial charge in [-0.2, -0.15) is 4.31 Å². The van der Waals surface area contributed by atoms with Crippen LogP contribution in [0.2, 0.25) is 0 Å². The van der Waals surface area contributed by atoms with Gasteiger partial charge in [0.05, 0.1) is 18.8 Å². The number of alkyl halides is 2. The molecule has 2 aliphatic heterocycles. The molecule has 0 aromatic heterocycles. The molecule has 0 spiro atoms. The van der Waals surface area contributed by atoms with Crippen LogP contribution in [0, 0.1) is 0 Å². The Morgan fingerprint density at radius 1 is 1.36 bits per heavy atom. The lowest BCUT2D eigenvalue weighted by Gasteiger charge is -2.37. The van der Waals surface area contributed by atoms with Crippen molar-refractivity contribution in [2.45, 2.75) is 44.2 Å². The van der Waals surface area contributed by atoms with Gasteiger partial charge in [0, 0.05) is 32.1 Å². The van der Waals surface area contributed by atoms with Crippen LogP contribution in [0.3, 0.4) is 0 Å². The van der Waals surface area contributed by atoms with Gasteiger partial charge in [-0.3, -0.25) is 10.1 Å². The zero-order valence-electron chi connectivity index (χ0n) is 12.9. The largest absolute Gasteiger partial charge is 0.341 e. The lowest BCUT2D eigenvalue weighted by Crippen LogP contribution is -2.51. The van der Waals surface area contributed by atoms with E-state index < -0.39 is 35.0 Å². The normalized spacial score (nSPS) is 26.6. The molecule has 1 amide bonds. The highest BCUT2D eigenvalue weighted by atomic mass is 32.2. The van der Waals surface area contributed by atoms with Crippen LogP contribution in [0.1, 0.15) is 26.2 Å². The van der Waals surface area contributed by atoms with Gasteiger partial charge in [0.25, 0.3) is 5.92 Å². The van der Waals surface area contributed by atoms with Crippen molar-refractivity contribution in [1.29, 1.82) is 0 Å². The molecule has 0 aliphatic carbocycles. The van der Waals surface area contributed by atoms with Gasteiger partial charge in [0.2, 0.25) is 15.9 Å². The first-order valence-corrected chi connectivity index (χ1v) is 9.35. The van der Waals surface area contributed by atoms with Crippen molar-refractivity contribution in [3.63, 3.8) is 0 Å². The standard InChI is InChI=1S/C13H23F2N3O3S/c1-3-18(22(2,20)21)10-4-6-17(7-5-10)12(19)11-8-13(14,15)9-16-11/h10-11,16H,3-9H2,1-2H3. The summed E-state index contributed by atoms with van der Waals surface area (Å²) in [6, 6.07) is -0.953. The van der Waals surface area contributed by atoms with Crippen molar-refractivity contribution in [1.82, 2.24) is 14.5 Å². The summed E-state index contributed by atoms with van der Waals surface area (Å²) in [6.07, 6.45) is 1.79. The third kappa shape index (κ3) is 3.94. The molecule has 2 saturated heterocycles. The van der Waals surface area contributed by atoms with E-state index in [2.05, 4.69) is 5.32 Å². The Bertz CT molecular complexity index is 519. The second-order valence-electron chi connectivity index (χ2n) is 6.02. The fourth-order valence-electron chi connectivity index (χ4n) is 3.25. The molecule has 0 aromatic rings. The van der Waals surface area contributed by atoms with Crippen molar-refractivity contribution in [2.24, 2.45) is 0 Å². The van der Waals surface area contributed by atoms with Gasteiger partial charge in [-0.25, -0.2) is 17.2 Å². The monoisotopic (exact) mass is 339 g/mol. The van der Waals surface area contributed by atoms with E-state index in [0.29, 0.717) is 32.5 Å². The van der Waals surface area contributed by atoms with E-state index in [1.165, 1.54) is 10.6 Å². The summed E-state index contributed by atoms with van der Waals surface area (Å²) in [5.41, 5.74) is 0. The molecule has 2 heterocycles. The molecule has 1 atom stereocenters. The summed E-state index contributed by atoms with van der Waals surface area (Å²) in [4.78, 5) is 13.8. The van der Waals surface area contributed by atoms with E-state index in [1.54, 1.807) is 11.8 Å². The van der Waals surface area contributed by atoms with Crippen LogP contribution in [0.5, 0.6) is 0 Å². The maximum atomic E-state index is 13.2. The number of amides is 1. The number of nitrogens with zero attached hydrogens (tertiary/aromatic N) is 2. The first-order chi connectivity index (χ1) is 10.1. The number of hydrogen-bond donors (Lipinski definition) is 1. The smallest absolute Gasteiger partial charge is 0.262 e. The van der Waals surface area contributed by atoms with Gasteiger partial charge in [0.1, 0.15) is 0 Å². The van der Waals surface area contributed by atoms with Gasteiger partial charge in [-0.1, -0.05) is 6.92 Å². The zero-order valence-corrected chi connectivity index (χ0v) is 13.7. The lowest BCUT2D eigenvalue weighted by molar-refractivity contribution is -0.135. The first-order valence-electron chi connectivity index (χ1n) is 7.51. The zero-order chi connectivity index (χ0) is 16.5.